The van der Waals surface area contributed by atoms with Crippen LogP contribution in [0.25, 0.3) is 11.8 Å². The van der Waals surface area contributed by atoms with Crippen LogP contribution in [-0.4, -0.2) is 37.0 Å². The molecule has 0 aliphatic heterocycles. The van der Waals surface area contributed by atoms with Gasteiger partial charge in [-0.05, 0) is 18.2 Å². The predicted molar refractivity (Wildman–Crippen MR) is 111 cm³/mol. The molecule has 0 spiro atoms. The van der Waals surface area contributed by atoms with Gasteiger partial charge in [-0.3, -0.25) is 4.79 Å². The molecular weight excluding hydrogens is 370 g/mol. The van der Waals surface area contributed by atoms with Crippen LogP contribution in [0.1, 0.15) is 11.1 Å². The maximum atomic E-state index is 12.3. The lowest BCUT2D eigenvalue weighted by Crippen LogP contribution is -2.21. The molecule has 0 bridgehead atoms. The first-order chi connectivity index (χ1) is 14.1. The molecule has 150 valence electrons. The van der Waals surface area contributed by atoms with Crippen molar-refractivity contribution >= 4 is 12.0 Å². The Hall–Kier alpha value is -3.74. The van der Waals surface area contributed by atoms with Gasteiger partial charge in [0.1, 0.15) is 17.2 Å². The lowest BCUT2D eigenvalue weighted by Gasteiger charge is -2.15. The second-order valence-electron chi connectivity index (χ2n) is 6.12. The van der Waals surface area contributed by atoms with Gasteiger partial charge in [0.2, 0.25) is 5.91 Å². The van der Waals surface area contributed by atoms with Crippen molar-refractivity contribution in [3.63, 3.8) is 0 Å². The fourth-order valence-electron chi connectivity index (χ4n) is 2.80. The Morgan fingerprint density at radius 1 is 1.07 bits per heavy atom. The third-order valence-corrected chi connectivity index (χ3v) is 4.31. The third kappa shape index (κ3) is 4.95. The third-order valence-electron chi connectivity index (χ3n) is 4.31. The highest BCUT2D eigenvalue weighted by Gasteiger charge is 2.13. The van der Waals surface area contributed by atoms with E-state index in [2.05, 4.69) is 10.4 Å². The molecule has 3 aromatic rings. The van der Waals surface area contributed by atoms with Crippen molar-refractivity contribution < 1.29 is 19.0 Å². The van der Waals surface area contributed by atoms with Crippen LogP contribution in [0.15, 0.2) is 60.9 Å². The Kier molecular flexibility index (Phi) is 6.52. The second kappa shape index (κ2) is 9.45. The molecule has 1 amide bonds. The zero-order chi connectivity index (χ0) is 20.6. The van der Waals surface area contributed by atoms with Crippen LogP contribution in [0.4, 0.5) is 0 Å². The van der Waals surface area contributed by atoms with E-state index in [0.717, 1.165) is 16.8 Å². The van der Waals surface area contributed by atoms with Crippen LogP contribution in [0.3, 0.4) is 0 Å². The molecule has 0 saturated heterocycles. The average molecular weight is 393 g/mol. The summed E-state index contributed by atoms with van der Waals surface area (Å²) < 4.78 is 17.8. The van der Waals surface area contributed by atoms with Crippen molar-refractivity contribution in [1.29, 1.82) is 0 Å². The molecular formula is C22H23N3O4. The van der Waals surface area contributed by atoms with E-state index in [1.165, 1.54) is 6.08 Å². The topological polar surface area (TPSA) is 74.6 Å². The second-order valence-corrected chi connectivity index (χ2v) is 6.12. The number of hydrogen-bond donors (Lipinski definition) is 1. The number of methoxy groups -OCH3 is 3. The molecule has 3 rings (SSSR count). The van der Waals surface area contributed by atoms with E-state index in [1.54, 1.807) is 50.4 Å². The number of carbonyl (C=O) groups excluding carboxylic acids is 1. The van der Waals surface area contributed by atoms with Gasteiger partial charge < -0.3 is 19.5 Å². The summed E-state index contributed by atoms with van der Waals surface area (Å²) >= 11 is 0. The molecule has 29 heavy (non-hydrogen) atoms. The Morgan fingerprint density at radius 2 is 1.76 bits per heavy atom. The SMILES string of the molecule is COc1cc(OC)c(CNC(=O)C=Cc2cnn(-c3ccccc3)c2)c(OC)c1. The summed E-state index contributed by atoms with van der Waals surface area (Å²) in [6.45, 7) is 0.253. The first kappa shape index (κ1) is 20.0. The largest absolute Gasteiger partial charge is 0.496 e. The maximum Gasteiger partial charge on any atom is 0.244 e. The maximum absolute atomic E-state index is 12.3. The summed E-state index contributed by atoms with van der Waals surface area (Å²) in [5.41, 5.74) is 2.51. The molecule has 2 aromatic carbocycles. The van der Waals surface area contributed by atoms with Gasteiger partial charge in [-0.1, -0.05) is 18.2 Å². The van der Waals surface area contributed by atoms with Crippen molar-refractivity contribution in [2.24, 2.45) is 0 Å². The molecule has 0 radical (unpaired) electrons. The van der Waals surface area contributed by atoms with Crippen molar-refractivity contribution in [3.8, 4) is 22.9 Å². The number of nitrogens with zero attached hydrogens (tertiary/aromatic N) is 2. The van der Waals surface area contributed by atoms with Crippen molar-refractivity contribution in [2.75, 3.05) is 21.3 Å². The Balaban J connectivity index is 1.65. The molecule has 0 aliphatic carbocycles. The molecule has 7 heteroatoms. The Morgan fingerprint density at radius 3 is 2.38 bits per heavy atom. The fourth-order valence-corrected chi connectivity index (χ4v) is 2.80. The highest BCUT2D eigenvalue weighted by molar-refractivity contribution is 5.91. The number of rotatable bonds is 8. The van der Waals surface area contributed by atoms with Crippen molar-refractivity contribution in [1.82, 2.24) is 15.1 Å². The Bertz CT molecular complexity index is 971. The molecule has 1 heterocycles. The molecule has 0 aliphatic rings. The van der Waals surface area contributed by atoms with E-state index in [4.69, 9.17) is 14.2 Å². The first-order valence-electron chi connectivity index (χ1n) is 8.99. The standard InChI is InChI=1S/C22H23N3O4/c1-27-18-11-20(28-2)19(21(12-18)29-3)14-23-22(26)10-9-16-13-24-25(15-16)17-7-5-4-6-8-17/h4-13,15H,14H2,1-3H3,(H,23,26). The van der Waals surface area contributed by atoms with E-state index in [-0.39, 0.29) is 12.5 Å². The van der Waals surface area contributed by atoms with Gasteiger partial charge in [-0.2, -0.15) is 5.10 Å². The van der Waals surface area contributed by atoms with E-state index in [9.17, 15) is 4.79 Å². The average Bonchev–Trinajstić information content (AvgIpc) is 3.25. The number of para-hydroxylation sites is 1. The van der Waals surface area contributed by atoms with E-state index < -0.39 is 0 Å². The van der Waals surface area contributed by atoms with Crippen LogP contribution >= 0.6 is 0 Å². The number of carbonyl (C=O) groups is 1. The van der Waals surface area contributed by atoms with Gasteiger partial charge in [0.25, 0.3) is 0 Å². The smallest absolute Gasteiger partial charge is 0.244 e. The zero-order valence-corrected chi connectivity index (χ0v) is 16.6. The van der Waals surface area contributed by atoms with E-state index in [0.29, 0.717) is 17.2 Å². The van der Waals surface area contributed by atoms with Gasteiger partial charge in [-0.25, -0.2) is 4.68 Å². The highest BCUT2D eigenvalue weighted by Crippen LogP contribution is 2.33. The van der Waals surface area contributed by atoms with E-state index in [1.807, 2.05) is 36.5 Å². The minimum atomic E-state index is -0.239. The minimum Gasteiger partial charge on any atom is -0.496 e. The predicted octanol–water partition coefficient (Wildman–Crippen LogP) is 3.23. The van der Waals surface area contributed by atoms with Gasteiger partial charge in [0.05, 0.1) is 45.3 Å². The van der Waals surface area contributed by atoms with Crippen LogP contribution in [0.5, 0.6) is 17.2 Å². The summed E-state index contributed by atoms with van der Waals surface area (Å²) in [5.74, 6) is 1.53. The summed E-state index contributed by atoms with van der Waals surface area (Å²) in [4.78, 5) is 12.3. The number of amides is 1. The lowest BCUT2D eigenvalue weighted by molar-refractivity contribution is -0.116. The Labute approximate surface area is 169 Å². The van der Waals surface area contributed by atoms with E-state index >= 15 is 0 Å². The monoisotopic (exact) mass is 393 g/mol. The number of aromatic nitrogens is 2. The number of ether oxygens (including phenoxy) is 3. The van der Waals surface area contributed by atoms with Crippen LogP contribution in [-0.2, 0) is 11.3 Å². The van der Waals surface area contributed by atoms with Crippen molar-refractivity contribution in [3.05, 3.63) is 72.1 Å². The summed E-state index contributed by atoms with van der Waals surface area (Å²) in [5, 5.41) is 7.15. The molecule has 1 aromatic heterocycles. The minimum absolute atomic E-state index is 0.239. The van der Waals surface area contributed by atoms with Crippen LogP contribution in [0.2, 0.25) is 0 Å². The quantitative estimate of drug-likeness (QED) is 0.595. The summed E-state index contributed by atoms with van der Waals surface area (Å²) in [6.07, 6.45) is 6.74. The van der Waals surface area contributed by atoms with Gasteiger partial charge in [0, 0.05) is 30.0 Å². The summed E-state index contributed by atoms with van der Waals surface area (Å²) in [6, 6.07) is 13.3. The number of nitrogens with one attached hydrogen (secondary N) is 1. The lowest BCUT2D eigenvalue weighted by atomic mass is 10.1. The number of hydrogen-bond acceptors (Lipinski definition) is 5. The van der Waals surface area contributed by atoms with Gasteiger partial charge in [0.15, 0.2) is 0 Å². The first-order valence-corrected chi connectivity index (χ1v) is 8.99. The fraction of sp³-hybridized carbons (Fsp3) is 0.182. The summed E-state index contributed by atoms with van der Waals surface area (Å²) in [7, 11) is 4.69. The molecule has 7 nitrogen and oxygen atoms in total. The van der Waals surface area contributed by atoms with Crippen LogP contribution in [0, 0.1) is 0 Å². The van der Waals surface area contributed by atoms with Crippen LogP contribution < -0.4 is 19.5 Å². The normalized spacial score (nSPS) is 10.7. The van der Waals surface area contributed by atoms with Crippen molar-refractivity contribution in [2.45, 2.75) is 6.54 Å². The number of benzene rings is 2. The molecule has 0 unspecified atom stereocenters. The molecule has 0 atom stereocenters. The van der Waals surface area contributed by atoms with Gasteiger partial charge >= 0.3 is 0 Å². The zero-order valence-electron chi connectivity index (χ0n) is 16.6. The molecule has 0 fully saturated rings. The molecule has 0 saturated carbocycles. The highest BCUT2D eigenvalue weighted by atomic mass is 16.5. The molecule has 1 N–H and O–H groups in total. The van der Waals surface area contributed by atoms with Gasteiger partial charge in [-0.15, -0.1) is 0 Å².